The Morgan fingerprint density at radius 2 is 1.88 bits per heavy atom. The molecule has 6 nitrogen and oxygen atoms in total. The highest BCUT2D eigenvalue weighted by Crippen LogP contribution is 2.13. The molecule has 0 saturated heterocycles. The molecule has 0 aliphatic rings. The first-order chi connectivity index (χ1) is 12.0. The van der Waals surface area contributed by atoms with Crippen LogP contribution in [0.4, 0.5) is 0 Å². The van der Waals surface area contributed by atoms with Gasteiger partial charge < -0.3 is 14.6 Å². The second-order valence-electron chi connectivity index (χ2n) is 5.98. The molecule has 1 heterocycles. The first-order valence-electron chi connectivity index (χ1n) is 8.53. The fraction of sp³-hybridized carbons (Fsp3) is 0.444. The molecule has 0 fully saturated rings. The predicted octanol–water partition coefficient (Wildman–Crippen LogP) is 2.19. The van der Waals surface area contributed by atoms with E-state index in [9.17, 15) is 8.42 Å². The number of hydrogen-bond acceptors (Lipinski definition) is 5. The molecule has 2 aromatic rings. The van der Waals surface area contributed by atoms with Crippen LogP contribution in [-0.4, -0.2) is 40.0 Å². The summed E-state index contributed by atoms with van der Waals surface area (Å²) in [6, 6.07) is 13.4. The quantitative estimate of drug-likeness (QED) is 0.597. The Morgan fingerprint density at radius 1 is 1.12 bits per heavy atom. The fourth-order valence-corrected chi connectivity index (χ4v) is 3.47. The van der Waals surface area contributed by atoms with Crippen molar-refractivity contribution in [2.24, 2.45) is 0 Å². The van der Waals surface area contributed by atoms with Crippen molar-refractivity contribution in [2.45, 2.75) is 31.5 Å². The van der Waals surface area contributed by atoms with Gasteiger partial charge in [0.05, 0.1) is 6.54 Å². The van der Waals surface area contributed by atoms with Gasteiger partial charge in [0, 0.05) is 13.1 Å². The van der Waals surface area contributed by atoms with Crippen molar-refractivity contribution in [2.75, 3.05) is 26.7 Å². The van der Waals surface area contributed by atoms with Gasteiger partial charge in [0.2, 0.25) is 5.09 Å². The molecule has 0 spiro atoms. The van der Waals surface area contributed by atoms with Crippen LogP contribution in [0.3, 0.4) is 0 Å². The van der Waals surface area contributed by atoms with E-state index in [-0.39, 0.29) is 5.09 Å². The average Bonchev–Trinajstić information content (AvgIpc) is 3.08. The van der Waals surface area contributed by atoms with Gasteiger partial charge in [-0.25, -0.2) is 13.1 Å². The van der Waals surface area contributed by atoms with E-state index >= 15 is 0 Å². The number of sulfonamides is 1. The van der Waals surface area contributed by atoms with Crippen molar-refractivity contribution in [3.05, 3.63) is 53.8 Å². The van der Waals surface area contributed by atoms with Crippen LogP contribution in [0.2, 0.25) is 0 Å². The third-order valence-corrected chi connectivity index (χ3v) is 5.09. The fourth-order valence-electron chi connectivity index (χ4n) is 2.45. The molecule has 138 valence electrons. The number of benzene rings is 1. The van der Waals surface area contributed by atoms with Gasteiger partial charge in [0.1, 0.15) is 5.76 Å². The standard InChI is InChI=1S/C18H27N3O3S/c1-3-19-14-17-10-11-18(24-17)25(22,23)20-12-7-13-21(2)15-16-8-5-4-6-9-16/h4-6,8-11,19-20H,3,7,12-15H2,1-2H3. The van der Waals surface area contributed by atoms with Crippen LogP contribution >= 0.6 is 0 Å². The van der Waals surface area contributed by atoms with Crippen molar-refractivity contribution in [3.8, 4) is 0 Å². The van der Waals surface area contributed by atoms with Crippen molar-refractivity contribution in [1.82, 2.24) is 14.9 Å². The number of hydrogen-bond donors (Lipinski definition) is 2. The van der Waals surface area contributed by atoms with E-state index in [0.717, 1.165) is 26.1 Å². The maximum atomic E-state index is 12.2. The molecule has 0 amide bonds. The van der Waals surface area contributed by atoms with Crippen LogP contribution in [-0.2, 0) is 23.1 Å². The third kappa shape index (κ3) is 6.62. The summed E-state index contributed by atoms with van der Waals surface area (Å²) >= 11 is 0. The van der Waals surface area contributed by atoms with Crippen LogP contribution in [0, 0.1) is 0 Å². The first kappa shape index (κ1) is 19.7. The van der Waals surface area contributed by atoms with Gasteiger partial charge in [-0.05, 0) is 44.3 Å². The van der Waals surface area contributed by atoms with Gasteiger partial charge in [0.25, 0.3) is 10.0 Å². The van der Waals surface area contributed by atoms with E-state index in [4.69, 9.17) is 4.42 Å². The summed E-state index contributed by atoms with van der Waals surface area (Å²) in [7, 11) is -1.56. The minimum absolute atomic E-state index is 0.0296. The summed E-state index contributed by atoms with van der Waals surface area (Å²) in [6.07, 6.45) is 0.730. The summed E-state index contributed by atoms with van der Waals surface area (Å²) in [5, 5.41) is 3.07. The van der Waals surface area contributed by atoms with E-state index in [2.05, 4.69) is 27.1 Å². The number of nitrogens with zero attached hydrogens (tertiary/aromatic N) is 1. The predicted molar refractivity (Wildman–Crippen MR) is 98.7 cm³/mol. The first-order valence-corrected chi connectivity index (χ1v) is 10.0. The highest BCUT2D eigenvalue weighted by molar-refractivity contribution is 7.89. The van der Waals surface area contributed by atoms with Crippen LogP contribution in [0.15, 0.2) is 52.0 Å². The lowest BCUT2D eigenvalue weighted by Gasteiger charge is -2.16. The van der Waals surface area contributed by atoms with Gasteiger partial charge in [0.15, 0.2) is 0 Å². The Kier molecular flexibility index (Phi) is 7.64. The van der Waals surface area contributed by atoms with Gasteiger partial charge >= 0.3 is 0 Å². The molecule has 0 unspecified atom stereocenters. The second-order valence-corrected chi connectivity index (χ2v) is 7.67. The zero-order chi connectivity index (χ0) is 18.1. The van der Waals surface area contributed by atoms with Crippen molar-refractivity contribution < 1.29 is 12.8 Å². The van der Waals surface area contributed by atoms with E-state index < -0.39 is 10.0 Å². The normalized spacial score (nSPS) is 12.0. The second kappa shape index (κ2) is 9.72. The van der Waals surface area contributed by atoms with Crippen molar-refractivity contribution >= 4 is 10.0 Å². The molecule has 1 aromatic heterocycles. The monoisotopic (exact) mass is 365 g/mol. The molecule has 0 bridgehead atoms. The molecule has 0 radical (unpaired) electrons. The number of furan rings is 1. The van der Waals surface area contributed by atoms with Gasteiger partial charge in [-0.1, -0.05) is 37.3 Å². The zero-order valence-corrected chi connectivity index (χ0v) is 15.7. The van der Waals surface area contributed by atoms with Gasteiger partial charge in [-0.2, -0.15) is 0 Å². The third-order valence-electron chi connectivity index (χ3n) is 3.76. The van der Waals surface area contributed by atoms with E-state index in [1.807, 2.05) is 32.2 Å². The van der Waals surface area contributed by atoms with E-state index in [0.29, 0.717) is 18.8 Å². The molecular weight excluding hydrogens is 338 g/mol. The molecule has 0 saturated carbocycles. The lowest BCUT2D eigenvalue weighted by atomic mass is 10.2. The smallest absolute Gasteiger partial charge is 0.273 e. The average molecular weight is 365 g/mol. The summed E-state index contributed by atoms with van der Waals surface area (Å²) in [6.45, 7) is 5.34. The Bertz CT molecular complexity index is 729. The summed E-state index contributed by atoms with van der Waals surface area (Å²) in [5.74, 6) is 0.616. The van der Waals surface area contributed by atoms with E-state index in [1.165, 1.54) is 11.6 Å². The molecule has 0 atom stereocenters. The minimum Gasteiger partial charge on any atom is -0.447 e. The van der Waals surface area contributed by atoms with Crippen LogP contribution in [0.5, 0.6) is 0 Å². The number of rotatable bonds is 11. The minimum atomic E-state index is -3.58. The van der Waals surface area contributed by atoms with Crippen LogP contribution in [0.1, 0.15) is 24.7 Å². The summed E-state index contributed by atoms with van der Waals surface area (Å²) < 4.78 is 32.4. The largest absolute Gasteiger partial charge is 0.447 e. The molecule has 25 heavy (non-hydrogen) atoms. The molecule has 7 heteroatoms. The topological polar surface area (TPSA) is 74.6 Å². The van der Waals surface area contributed by atoms with Crippen LogP contribution < -0.4 is 10.0 Å². The number of nitrogens with one attached hydrogen (secondary N) is 2. The Labute approximate surface area is 150 Å². The Balaban J connectivity index is 1.73. The van der Waals surface area contributed by atoms with Crippen molar-refractivity contribution in [3.63, 3.8) is 0 Å². The highest BCUT2D eigenvalue weighted by Gasteiger charge is 2.18. The lowest BCUT2D eigenvalue weighted by Crippen LogP contribution is -2.28. The molecule has 1 aromatic carbocycles. The van der Waals surface area contributed by atoms with E-state index in [1.54, 1.807) is 6.07 Å². The summed E-state index contributed by atoms with van der Waals surface area (Å²) in [4.78, 5) is 2.17. The van der Waals surface area contributed by atoms with Gasteiger partial charge in [-0.3, -0.25) is 0 Å². The molecular formula is C18H27N3O3S. The molecule has 0 aliphatic carbocycles. The SMILES string of the molecule is CCNCc1ccc(S(=O)(=O)NCCCN(C)Cc2ccccc2)o1. The molecule has 0 aliphatic heterocycles. The highest BCUT2D eigenvalue weighted by atomic mass is 32.2. The maximum Gasteiger partial charge on any atom is 0.273 e. The zero-order valence-electron chi connectivity index (χ0n) is 14.9. The molecule has 2 rings (SSSR count). The summed E-state index contributed by atoms with van der Waals surface area (Å²) in [5.41, 5.74) is 1.24. The maximum absolute atomic E-state index is 12.2. The van der Waals surface area contributed by atoms with Crippen molar-refractivity contribution in [1.29, 1.82) is 0 Å². The van der Waals surface area contributed by atoms with Gasteiger partial charge in [-0.15, -0.1) is 0 Å². The lowest BCUT2D eigenvalue weighted by molar-refractivity contribution is 0.322. The Hall–Kier alpha value is -1.67. The Morgan fingerprint density at radius 3 is 2.60 bits per heavy atom. The molecule has 2 N–H and O–H groups in total. The van der Waals surface area contributed by atoms with Crippen LogP contribution in [0.25, 0.3) is 0 Å².